The summed E-state index contributed by atoms with van der Waals surface area (Å²) in [5.41, 5.74) is 7.77. The van der Waals surface area contributed by atoms with Gasteiger partial charge in [-0.2, -0.15) is 0 Å². The molecule has 0 atom stereocenters. The molecule has 0 spiro atoms. The molecule has 76 valence electrons. The van der Waals surface area contributed by atoms with Gasteiger partial charge in [0.05, 0.1) is 0 Å². The lowest BCUT2D eigenvalue weighted by Gasteiger charge is -2.03. The van der Waals surface area contributed by atoms with Gasteiger partial charge in [-0.1, -0.05) is 18.2 Å². The third-order valence-corrected chi connectivity index (χ3v) is 2.17. The van der Waals surface area contributed by atoms with Crippen LogP contribution in [0.3, 0.4) is 0 Å². The number of aromatic hydroxyl groups is 1. The molecule has 2 aromatic carbocycles. The highest BCUT2D eigenvalue weighted by atomic mass is 19.1. The molecule has 0 aliphatic rings. The minimum absolute atomic E-state index is 0.345. The highest BCUT2D eigenvalue weighted by molar-refractivity contribution is 5.67. The van der Waals surface area contributed by atoms with Gasteiger partial charge in [-0.3, -0.25) is 0 Å². The van der Waals surface area contributed by atoms with Gasteiger partial charge < -0.3 is 10.8 Å². The maximum atomic E-state index is 13.1. The third kappa shape index (κ3) is 1.91. The van der Waals surface area contributed by atoms with Gasteiger partial charge in [0.25, 0.3) is 0 Å². The molecule has 2 rings (SSSR count). The third-order valence-electron chi connectivity index (χ3n) is 2.17. The summed E-state index contributed by atoms with van der Waals surface area (Å²) < 4.78 is 13.1. The summed E-state index contributed by atoms with van der Waals surface area (Å²) in [5.74, 6) is -0.974. The number of benzene rings is 2. The summed E-state index contributed by atoms with van der Waals surface area (Å²) in [6, 6.07) is 11.4. The molecule has 0 saturated heterocycles. The maximum absolute atomic E-state index is 13.1. The van der Waals surface area contributed by atoms with E-state index < -0.39 is 5.82 Å². The van der Waals surface area contributed by atoms with E-state index in [-0.39, 0.29) is 5.75 Å². The van der Waals surface area contributed by atoms with Crippen molar-refractivity contribution in [1.29, 1.82) is 0 Å². The lowest BCUT2D eigenvalue weighted by molar-refractivity contribution is 0.432. The van der Waals surface area contributed by atoms with Crippen LogP contribution in [0.15, 0.2) is 42.5 Å². The standard InChI is InChI=1S/C12H10FNO/c13-11-7-9(4-5-12(11)15)8-2-1-3-10(14)6-8/h1-7,15H,14H2. The van der Waals surface area contributed by atoms with E-state index >= 15 is 0 Å². The molecule has 3 heteroatoms. The van der Waals surface area contributed by atoms with Gasteiger partial charge in [0.15, 0.2) is 11.6 Å². The Morgan fingerprint density at radius 1 is 1.00 bits per heavy atom. The monoisotopic (exact) mass is 203 g/mol. The van der Waals surface area contributed by atoms with E-state index in [1.807, 2.05) is 6.07 Å². The van der Waals surface area contributed by atoms with Crippen molar-refractivity contribution in [2.75, 3.05) is 5.73 Å². The van der Waals surface area contributed by atoms with Crippen LogP contribution >= 0.6 is 0 Å². The average Bonchev–Trinajstić information content (AvgIpc) is 2.22. The Bertz CT molecular complexity index is 497. The molecule has 0 aliphatic heterocycles. The smallest absolute Gasteiger partial charge is 0.165 e. The summed E-state index contributed by atoms with van der Waals surface area (Å²) in [6.07, 6.45) is 0. The van der Waals surface area contributed by atoms with Crippen molar-refractivity contribution < 1.29 is 9.50 Å². The molecule has 0 aliphatic carbocycles. The van der Waals surface area contributed by atoms with Crippen molar-refractivity contribution in [1.82, 2.24) is 0 Å². The predicted octanol–water partition coefficient (Wildman–Crippen LogP) is 2.78. The molecule has 3 N–H and O–H groups in total. The maximum Gasteiger partial charge on any atom is 0.165 e. The molecular formula is C12H10FNO. The number of rotatable bonds is 1. The molecule has 2 nitrogen and oxygen atoms in total. The zero-order chi connectivity index (χ0) is 10.8. The predicted molar refractivity (Wildman–Crippen MR) is 57.9 cm³/mol. The number of phenolic OH excluding ortho intramolecular Hbond substituents is 1. The van der Waals surface area contributed by atoms with Crippen molar-refractivity contribution in [2.24, 2.45) is 0 Å². The summed E-state index contributed by atoms with van der Waals surface area (Å²) in [6.45, 7) is 0. The van der Waals surface area contributed by atoms with Crippen LogP contribution in [-0.2, 0) is 0 Å². The molecule has 2 aromatic rings. The minimum Gasteiger partial charge on any atom is -0.505 e. The van der Waals surface area contributed by atoms with Crippen LogP contribution in [-0.4, -0.2) is 5.11 Å². The summed E-state index contributed by atoms with van der Waals surface area (Å²) in [7, 11) is 0. The van der Waals surface area contributed by atoms with Crippen LogP contribution in [0.25, 0.3) is 11.1 Å². The molecule has 0 saturated carbocycles. The number of halogens is 1. The normalized spacial score (nSPS) is 10.2. The molecule has 0 bridgehead atoms. The summed E-state index contributed by atoms with van der Waals surface area (Å²) in [5, 5.41) is 9.05. The topological polar surface area (TPSA) is 46.2 Å². The Labute approximate surface area is 86.8 Å². The second-order valence-corrected chi connectivity index (χ2v) is 3.29. The van der Waals surface area contributed by atoms with E-state index in [1.54, 1.807) is 24.3 Å². The zero-order valence-corrected chi connectivity index (χ0v) is 7.94. The fourth-order valence-corrected chi connectivity index (χ4v) is 1.40. The van der Waals surface area contributed by atoms with E-state index in [9.17, 15) is 4.39 Å². The Morgan fingerprint density at radius 3 is 2.40 bits per heavy atom. The minimum atomic E-state index is -0.630. The van der Waals surface area contributed by atoms with E-state index in [1.165, 1.54) is 12.1 Å². The number of hydrogen-bond donors (Lipinski definition) is 2. The number of hydrogen-bond acceptors (Lipinski definition) is 2. The molecule has 0 unspecified atom stereocenters. The molecule has 15 heavy (non-hydrogen) atoms. The van der Waals surface area contributed by atoms with Crippen LogP contribution in [0.4, 0.5) is 10.1 Å². The van der Waals surface area contributed by atoms with Gasteiger partial charge in [-0.25, -0.2) is 4.39 Å². The second kappa shape index (κ2) is 3.61. The second-order valence-electron chi connectivity index (χ2n) is 3.29. The fourth-order valence-electron chi connectivity index (χ4n) is 1.40. The first kappa shape index (κ1) is 9.52. The van der Waals surface area contributed by atoms with Crippen LogP contribution in [0.5, 0.6) is 5.75 Å². The Morgan fingerprint density at radius 2 is 1.73 bits per heavy atom. The molecule has 0 amide bonds. The fraction of sp³-hybridized carbons (Fsp3) is 0. The van der Waals surface area contributed by atoms with Gasteiger partial charge in [-0.05, 0) is 35.4 Å². The lowest BCUT2D eigenvalue weighted by atomic mass is 10.0. The van der Waals surface area contributed by atoms with Crippen LogP contribution in [0.1, 0.15) is 0 Å². The van der Waals surface area contributed by atoms with E-state index in [4.69, 9.17) is 10.8 Å². The first-order valence-electron chi connectivity index (χ1n) is 4.51. The van der Waals surface area contributed by atoms with Crippen molar-refractivity contribution in [3.05, 3.63) is 48.3 Å². The van der Waals surface area contributed by atoms with Gasteiger partial charge in [0.2, 0.25) is 0 Å². The molecule has 0 fully saturated rings. The Balaban J connectivity index is 2.50. The number of anilines is 1. The van der Waals surface area contributed by atoms with Crippen molar-refractivity contribution in [3.8, 4) is 16.9 Å². The first-order chi connectivity index (χ1) is 7.16. The van der Waals surface area contributed by atoms with E-state index in [2.05, 4.69) is 0 Å². The van der Waals surface area contributed by atoms with Gasteiger partial charge in [0.1, 0.15) is 0 Å². The Kier molecular flexibility index (Phi) is 2.29. The Hall–Kier alpha value is -2.03. The van der Waals surface area contributed by atoms with Crippen molar-refractivity contribution >= 4 is 5.69 Å². The van der Waals surface area contributed by atoms with Crippen LogP contribution in [0.2, 0.25) is 0 Å². The summed E-state index contributed by atoms with van der Waals surface area (Å²) in [4.78, 5) is 0. The van der Waals surface area contributed by atoms with Gasteiger partial charge in [-0.15, -0.1) is 0 Å². The molecular weight excluding hydrogens is 193 g/mol. The van der Waals surface area contributed by atoms with Crippen LogP contribution < -0.4 is 5.73 Å². The SMILES string of the molecule is Nc1cccc(-c2ccc(O)c(F)c2)c1. The molecule has 0 aromatic heterocycles. The number of phenols is 1. The average molecular weight is 203 g/mol. The first-order valence-corrected chi connectivity index (χ1v) is 4.51. The zero-order valence-electron chi connectivity index (χ0n) is 7.94. The quantitative estimate of drug-likeness (QED) is 0.700. The molecule has 0 heterocycles. The number of nitrogen functional groups attached to an aromatic ring is 1. The summed E-state index contributed by atoms with van der Waals surface area (Å²) >= 11 is 0. The van der Waals surface area contributed by atoms with Crippen molar-refractivity contribution in [3.63, 3.8) is 0 Å². The largest absolute Gasteiger partial charge is 0.505 e. The van der Waals surface area contributed by atoms with Crippen LogP contribution in [0, 0.1) is 5.82 Å². The number of nitrogens with two attached hydrogens (primary N) is 1. The van der Waals surface area contributed by atoms with E-state index in [0.29, 0.717) is 11.3 Å². The van der Waals surface area contributed by atoms with Gasteiger partial charge in [0, 0.05) is 5.69 Å². The lowest BCUT2D eigenvalue weighted by Crippen LogP contribution is -1.86. The highest BCUT2D eigenvalue weighted by Crippen LogP contribution is 2.25. The van der Waals surface area contributed by atoms with E-state index in [0.717, 1.165) is 5.56 Å². The van der Waals surface area contributed by atoms with Gasteiger partial charge >= 0.3 is 0 Å². The highest BCUT2D eigenvalue weighted by Gasteiger charge is 2.03. The molecule has 0 radical (unpaired) electrons. The van der Waals surface area contributed by atoms with Crippen molar-refractivity contribution in [2.45, 2.75) is 0 Å².